The van der Waals surface area contributed by atoms with Crippen molar-refractivity contribution < 1.29 is 17.9 Å². The average molecular weight is 423 g/mol. The minimum Gasteiger partial charge on any atom is -0.457 e. The van der Waals surface area contributed by atoms with Gasteiger partial charge in [-0.1, -0.05) is 30.3 Å². The van der Waals surface area contributed by atoms with Gasteiger partial charge in [-0.2, -0.15) is 13.2 Å². The second-order valence-corrected chi connectivity index (χ2v) is 6.11. The number of hydrogen-bond donors (Lipinski definition) is 1. The topological polar surface area (TPSA) is 24.5 Å². The van der Waals surface area contributed by atoms with Crippen LogP contribution in [0.1, 0.15) is 18.0 Å². The standard InChI is InChI=1S/C19H21F3N2O.2ClH/c20-19(21,22)14-18(24-12-10-23-11-13-24)15-6-8-17(9-7-15)25-16-4-2-1-3-5-16;;/h1-9,18,23H,10-14H2;2*1H/t18-;;/m0../s1. The van der Waals surface area contributed by atoms with E-state index in [1.54, 1.807) is 24.3 Å². The molecule has 0 spiro atoms. The first-order valence-electron chi connectivity index (χ1n) is 8.36. The molecule has 0 saturated carbocycles. The minimum atomic E-state index is -4.20. The Hall–Kier alpha value is -1.47. The van der Waals surface area contributed by atoms with E-state index in [1.165, 1.54) is 0 Å². The van der Waals surface area contributed by atoms with Gasteiger partial charge in [-0.15, -0.1) is 24.8 Å². The van der Waals surface area contributed by atoms with Crippen LogP contribution in [-0.4, -0.2) is 37.3 Å². The molecule has 8 heteroatoms. The molecule has 0 radical (unpaired) electrons. The van der Waals surface area contributed by atoms with Crippen LogP contribution in [0.15, 0.2) is 54.6 Å². The fourth-order valence-corrected chi connectivity index (χ4v) is 3.05. The average Bonchev–Trinajstić information content (AvgIpc) is 2.61. The van der Waals surface area contributed by atoms with E-state index >= 15 is 0 Å². The summed E-state index contributed by atoms with van der Waals surface area (Å²) in [5.41, 5.74) is 0.666. The van der Waals surface area contributed by atoms with Crippen LogP contribution in [0.25, 0.3) is 0 Å². The summed E-state index contributed by atoms with van der Waals surface area (Å²) in [5.74, 6) is 1.31. The molecule has 2 aromatic carbocycles. The molecule has 1 heterocycles. The van der Waals surface area contributed by atoms with Gasteiger partial charge in [-0.3, -0.25) is 4.90 Å². The Bertz CT molecular complexity index is 663. The number of benzene rings is 2. The molecule has 0 bridgehead atoms. The van der Waals surface area contributed by atoms with Crippen LogP contribution in [0, 0.1) is 0 Å². The molecule has 0 aliphatic carbocycles. The van der Waals surface area contributed by atoms with Crippen molar-refractivity contribution in [1.29, 1.82) is 0 Å². The van der Waals surface area contributed by atoms with Gasteiger partial charge in [0.15, 0.2) is 0 Å². The van der Waals surface area contributed by atoms with Gasteiger partial charge in [0.2, 0.25) is 0 Å². The molecule has 3 nitrogen and oxygen atoms in total. The third kappa shape index (κ3) is 7.22. The summed E-state index contributed by atoms with van der Waals surface area (Å²) >= 11 is 0. The quantitative estimate of drug-likeness (QED) is 0.714. The fourth-order valence-electron chi connectivity index (χ4n) is 3.05. The number of rotatable bonds is 5. The molecular formula is C19H23Cl2F3N2O. The van der Waals surface area contributed by atoms with Gasteiger partial charge < -0.3 is 10.1 Å². The molecule has 1 fully saturated rings. The molecule has 0 unspecified atom stereocenters. The van der Waals surface area contributed by atoms with E-state index in [-0.39, 0.29) is 24.8 Å². The predicted molar refractivity (Wildman–Crippen MR) is 105 cm³/mol. The molecule has 3 rings (SSSR count). The maximum absolute atomic E-state index is 13.0. The van der Waals surface area contributed by atoms with Crippen LogP contribution in [0.3, 0.4) is 0 Å². The van der Waals surface area contributed by atoms with Gasteiger partial charge in [0, 0.05) is 32.2 Å². The normalized spacial score (nSPS) is 16.0. The van der Waals surface area contributed by atoms with E-state index in [0.717, 1.165) is 0 Å². The molecule has 1 aliphatic heterocycles. The third-order valence-electron chi connectivity index (χ3n) is 4.26. The lowest BCUT2D eigenvalue weighted by Gasteiger charge is -2.35. The van der Waals surface area contributed by atoms with Gasteiger partial charge in [0.25, 0.3) is 0 Å². The monoisotopic (exact) mass is 422 g/mol. The number of alkyl halides is 3. The summed E-state index contributed by atoms with van der Waals surface area (Å²) in [5, 5.41) is 3.18. The van der Waals surface area contributed by atoms with Crippen molar-refractivity contribution >= 4 is 24.8 Å². The maximum Gasteiger partial charge on any atom is 0.390 e. The number of ether oxygens (including phenoxy) is 1. The van der Waals surface area contributed by atoms with Crippen LogP contribution >= 0.6 is 24.8 Å². The van der Waals surface area contributed by atoms with Gasteiger partial charge in [0.1, 0.15) is 11.5 Å². The van der Waals surface area contributed by atoms with Crippen molar-refractivity contribution in [1.82, 2.24) is 10.2 Å². The van der Waals surface area contributed by atoms with Gasteiger partial charge in [-0.05, 0) is 29.8 Å². The van der Waals surface area contributed by atoms with E-state index in [4.69, 9.17) is 4.74 Å². The SMILES string of the molecule is Cl.Cl.FC(F)(F)C[C@@H](c1ccc(Oc2ccccc2)cc1)N1CCNCC1. The molecule has 1 N–H and O–H groups in total. The molecule has 1 atom stereocenters. The highest BCUT2D eigenvalue weighted by atomic mass is 35.5. The lowest BCUT2D eigenvalue weighted by atomic mass is 10.0. The molecule has 27 heavy (non-hydrogen) atoms. The van der Waals surface area contributed by atoms with Crippen molar-refractivity contribution in [3.63, 3.8) is 0 Å². The first-order chi connectivity index (χ1) is 12.0. The van der Waals surface area contributed by atoms with Crippen LogP contribution in [0.4, 0.5) is 13.2 Å². The minimum absolute atomic E-state index is 0. The van der Waals surface area contributed by atoms with Crippen LogP contribution in [-0.2, 0) is 0 Å². The van der Waals surface area contributed by atoms with E-state index in [0.29, 0.717) is 43.2 Å². The Morgan fingerprint density at radius 3 is 2.00 bits per heavy atom. The summed E-state index contributed by atoms with van der Waals surface area (Å²) in [6.07, 6.45) is -5.04. The second-order valence-electron chi connectivity index (χ2n) is 6.11. The molecule has 150 valence electrons. The van der Waals surface area contributed by atoms with Crippen molar-refractivity contribution in [2.45, 2.75) is 18.6 Å². The zero-order chi connectivity index (χ0) is 17.7. The Labute approximate surface area is 169 Å². The summed E-state index contributed by atoms with van der Waals surface area (Å²) < 4.78 is 44.9. The molecule has 0 amide bonds. The van der Waals surface area contributed by atoms with Crippen molar-refractivity contribution in [3.8, 4) is 11.5 Å². The molecule has 2 aromatic rings. The Kier molecular flexibility index (Phi) is 9.39. The summed E-state index contributed by atoms with van der Waals surface area (Å²) in [4.78, 5) is 1.90. The number of para-hydroxylation sites is 1. The highest BCUT2D eigenvalue weighted by Crippen LogP contribution is 2.35. The van der Waals surface area contributed by atoms with E-state index in [2.05, 4.69) is 5.32 Å². The summed E-state index contributed by atoms with van der Waals surface area (Å²) in [6, 6.07) is 15.6. The van der Waals surface area contributed by atoms with Crippen LogP contribution in [0.2, 0.25) is 0 Å². The number of nitrogens with zero attached hydrogens (tertiary/aromatic N) is 1. The number of nitrogens with one attached hydrogen (secondary N) is 1. The van der Waals surface area contributed by atoms with Crippen LogP contribution < -0.4 is 10.1 Å². The first-order valence-corrected chi connectivity index (χ1v) is 8.36. The number of halogens is 5. The Morgan fingerprint density at radius 2 is 1.44 bits per heavy atom. The smallest absolute Gasteiger partial charge is 0.390 e. The largest absolute Gasteiger partial charge is 0.457 e. The predicted octanol–water partition coefficient (Wildman–Crippen LogP) is 5.22. The Balaban J connectivity index is 0.00000182. The van der Waals surface area contributed by atoms with E-state index < -0.39 is 18.6 Å². The van der Waals surface area contributed by atoms with E-state index in [1.807, 2.05) is 35.2 Å². The van der Waals surface area contributed by atoms with Gasteiger partial charge in [0.05, 0.1) is 6.42 Å². The lowest BCUT2D eigenvalue weighted by molar-refractivity contribution is -0.148. The zero-order valence-corrected chi connectivity index (χ0v) is 16.2. The maximum atomic E-state index is 13.0. The van der Waals surface area contributed by atoms with Crippen LogP contribution in [0.5, 0.6) is 11.5 Å². The van der Waals surface area contributed by atoms with Gasteiger partial charge in [-0.25, -0.2) is 0 Å². The van der Waals surface area contributed by atoms with E-state index in [9.17, 15) is 13.2 Å². The second kappa shape index (κ2) is 10.8. The summed E-state index contributed by atoms with van der Waals surface area (Å²) in [7, 11) is 0. The van der Waals surface area contributed by atoms with Crippen molar-refractivity contribution in [2.75, 3.05) is 26.2 Å². The molecule has 1 saturated heterocycles. The number of piperazine rings is 1. The molecule has 1 aliphatic rings. The van der Waals surface area contributed by atoms with Gasteiger partial charge >= 0.3 is 6.18 Å². The van der Waals surface area contributed by atoms with Crippen molar-refractivity contribution in [2.24, 2.45) is 0 Å². The Morgan fingerprint density at radius 1 is 0.889 bits per heavy atom. The fraction of sp³-hybridized carbons (Fsp3) is 0.368. The highest BCUT2D eigenvalue weighted by molar-refractivity contribution is 5.85. The number of hydrogen-bond acceptors (Lipinski definition) is 3. The lowest BCUT2D eigenvalue weighted by Crippen LogP contribution is -2.46. The molecular weight excluding hydrogens is 400 g/mol. The summed E-state index contributed by atoms with van der Waals surface area (Å²) in [6.45, 7) is 2.65. The highest BCUT2D eigenvalue weighted by Gasteiger charge is 2.35. The third-order valence-corrected chi connectivity index (χ3v) is 4.26. The molecule has 0 aromatic heterocycles. The van der Waals surface area contributed by atoms with Crippen molar-refractivity contribution in [3.05, 3.63) is 60.2 Å². The zero-order valence-electron chi connectivity index (χ0n) is 14.6. The first kappa shape index (κ1) is 23.6.